The highest BCUT2D eigenvalue weighted by Gasteiger charge is 2.27. The molecule has 1 atom stereocenters. The first-order valence-corrected chi connectivity index (χ1v) is 6.73. The van der Waals surface area contributed by atoms with E-state index in [0.717, 1.165) is 19.0 Å². The van der Waals surface area contributed by atoms with Gasteiger partial charge in [0.1, 0.15) is 0 Å². The summed E-state index contributed by atoms with van der Waals surface area (Å²) in [6, 6.07) is 3.04. The third-order valence-electron chi connectivity index (χ3n) is 3.92. The summed E-state index contributed by atoms with van der Waals surface area (Å²) in [6.07, 6.45) is 7.31. The highest BCUT2D eigenvalue weighted by atomic mass is 15.3. The van der Waals surface area contributed by atoms with Crippen molar-refractivity contribution in [2.75, 3.05) is 32.7 Å². The molecular formula is C13H23N3. The van der Waals surface area contributed by atoms with Crippen molar-refractivity contribution >= 4 is 0 Å². The van der Waals surface area contributed by atoms with E-state index < -0.39 is 0 Å². The van der Waals surface area contributed by atoms with Crippen molar-refractivity contribution in [1.29, 1.82) is 5.26 Å². The maximum Gasteiger partial charge on any atom is 0.0622 e. The number of piperidine rings is 1. The molecule has 2 aliphatic rings. The van der Waals surface area contributed by atoms with E-state index in [2.05, 4.69) is 15.9 Å². The van der Waals surface area contributed by atoms with Crippen molar-refractivity contribution in [3.63, 3.8) is 0 Å². The average molecular weight is 221 g/mol. The second-order valence-corrected chi connectivity index (χ2v) is 5.10. The van der Waals surface area contributed by atoms with E-state index in [1.165, 1.54) is 51.9 Å². The molecule has 0 aromatic heterocycles. The Morgan fingerprint density at radius 2 is 1.94 bits per heavy atom. The van der Waals surface area contributed by atoms with Gasteiger partial charge >= 0.3 is 0 Å². The maximum absolute atomic E-state index is 8.52. The van der Waals surface area contributed by atoms with Gasteiger partial charge in [-0.15, -0.1) is 0 Å². The van der Waals surface area contributed by atoms with Gasteiger partial charge in [-0.1, -0.05) is 6.42 Å². The zero-order valence-electron chi connectivity index (χ0n) is 10.2. The van der Waals surface area contributed by atoms with Gasteiger partial charge in [0.15, 0.2) is 0 Å². The van der Waals surface area contributed by atoms with Crippen molar-refractivity contribution in [1.82, 2.24) is 9.80 Å². The molecule has 0 spiro atoms. The second-order valence-electron chi connectivity index (χ2n) is 5.10. The molecule has 0 aliphatic carbocycles. The number of hydrogen-bond acceptors (Lipinski definition) is 3. The molecule has 2 heterocycles. The first kappa shape index (κ1) is 11.9. The molecule has 90 valence electrons. The highest BCUT2D eigenvalue weighted by molar-refractivity contribution is 4.85. The molecule has 2 aliphatic heterocycles. The average Bonchev–Trinajstić information content (AvgIpc) is 2.79. The molecule has 0 aromatic carbocycles. The SMILES string of the molecule is N#CCCCN1CCC(N2CCCCC2)C1. The Morgan fingerprint density at radius 3 is 2.69 bits per heavy atom. The summed E-state index contributed by atoms with van der Waals surface area (Å²) in [6.45, 7) is 6.24. The smallest absolute Gasteiger partial charge is 0.0622 e. The maximum atomic E-state index is 8.52. The van der Waals surface area contributed by atoms with E-state index in [9.17, 15) is 0 Å². The van der Waals surface area contributed by atoms with Crippen molar-refractivity contribution in [2.45, 2.75) is 44.6 Å². The lowest BCUT2D eigenvalue weighted by molar-refractivity contribution is 0.162. The van der Waals surface area contributed by atoms with Gasteiger partial charge in [-0.25, -0.2) is 0 Å². The molecule has 0 saturated carbocycles. The van der Waals surface area contributed by atoms with Crippen LogP contribution < -0.4 is 0 Å². The fraction of sp³-hybridized carbons (Fsp3) is 0.923. The topological polar surface area (TPSA) is 30.3 Å². The fourth-order valence-electron chi connectivity index (χ4n) is 2.98. The lowest BCUT2D eigenvalue weighted by Crippen LogP contribution is -2.40. The molecule has 0 radical (unpaired) electrons. The Morgan fingerprint density at radius 1 is 1.12 bits per heavy atom. The van der Waals surface area contributed by atoms with Crippen molar-refractivity contribution in [3.05, 3.63) is 0 Å². The molecule has 2 saturated heterocycles. The van der Waals surface area contributed by atoms with E-state index in [0.29, 0.717) is 6.42 Å². The van der Waals surface area contributed by atoms with Gasteiger partial charge in [0, 0.05) is 19.0 Å². The summed E-state index contributed by atoms with van der Waals surface area (Å²) >= 11 is 0. The van der Waals surface area contributed by atoms with Crippen LogP contribution in [0.25, 0.3) is 0 Å². The first-order chi connectivity index (χ1) is 7.90. The Labute approximate surface area is 99.0 Å². The number of hydrogen-bond donors (Lipinski definition) is 0. The second kappa shape index (κ2) is 6.22. The zero-order valence-corrected chi connectivity index (χ0v) is 10.2. The van der Waals surface area contributed by atoms with E-state index in [1.807, 2.05) is 0 Å². The molecule has 0 amide bonds. The van der Waals surface area contributed by atoms with Gasteiger partial charge in [-0.2, -0.15) is 5.26 Å². The third kappa shape index (κ3) is 3.20. The first-order valence-electron chi connectivity index (χ1n) is 6.73. The van der Waals surface area contributed by atoms with Crippen LogP contribution in [-0.2, 0) is 0 Å². The van der Waals surface area contributed by atoms with Gasteiger partial charge in [0.2, 0.25) is 0 Å². The molecule has 3 nitrogen and oxygen atoms in total. The molecule has 0 aromatic rings. The normalized spacial score (nSPS) is 28.1. The summed E-state index contributed by atoms with van der Waals surface area (Å²) in [4.78, 5) is 5.23. The Hall–Kier alpha value is -0.590. The van der Waals surface area contributed by atoms with Crippen molar-refractivity contribution < 1.29 is 0 Å². The van der Waals surface area contributed by atoms with Crippen LogP contribution in [0.4, 0.5) is 0 Å². The number of unbranched alkanes of at least 4 members (excludes halogenated alkanes) is 1. The van der Waals surface area contributed by atoms with Crippen LogP contribution in [0.3, 0.4) is 0 Å². The minimum Gasteiger partial charge on any atom is -0.302 e. The zero-order chi connectivity index (χ0) is 11.2. The van der Waals surface area contributed by atoms with Crippen LogP contribution in [0.15, 0.2) is 0 Å². The van der Waals surface area contributed by atoms with Crippen LogP contribution in [0, 0.1) is 11.3 Å². The number of nitriles is 1. The van der Waals surface area contributed by atoms with Crippen LogP contribution in [0.5, 0.6) is 0 Å². The van der Waals surface area contributed by atoms with Gasteiger partial charge in [-0.3, -0.25) is 4.90 Å². The molecule has 0 bridgehead atoms. The van der Waals surface area contributed by atoms with E-state index in [1.54, 1.807) is 0 Å². The summed E-state index contributed by atoms with van der Waals surface area (Å²) < 4.78 is 0. The largest absolute Gasteiger partial charge is 0.302 e. The van der Waals surface area contributed by atoms with Crippen LogP contribution in [-0.4, -0.2) is 48.6 Å². The molecular weight excluding hydrogens is 198 g/mol. The van der Waals surface area contributed by atoms with Crippen molar-refractivity contribution in [2.24, 2.45) is 0 Å². The minimum atomic E-state index is 0.713. The van der Waals surface area contributed by atoms with E-state index in [-0.39, 0.29) is 0 Å². The summed E-state index contributed by atoms with van der Waals surface area (Å²) in [5, 5.41) is 8.52. The summed E-state index contributed by atoms with van der Waals surface area (Å²) in [5.41, 5.74) is 0. The number of likely N-dealkylation sites (tertiary alicyclic amines) is 2. The standard InChI is InChI=1S/C13H23N3/c14-7-2-5-8-15-11-6-13(12-15)16-9-3-1-4-10-16/h13H,1-6,8-12H2. The lowest BCUT2D eigenvalue weighted by Gasteiger charge is -2.32. The monoisotopic (exact) mass is 221 g/mol. The fourth-order valence-corrected chi connectivity index (χ4v) is 2.98. The Kier molecular flexibility index (Phi) is 4.62. The lowest BCUT2D eigenvalue weighted by atomic mass is 10.1. The number of rotatable bonds is 4. The van der Waals surface area contributed by atoms with Gasteiger partial charge < -0.3 is 4.90 Å². The molecule has 2 fully saturated rings. The molecule has 16 heavy (non-hydrogen) atoms. The minimum absolute atomic E-state index is 0.713. The van der Waals surface area contributed by atoms with Crippen LogP contribution in [0.1, 0.15) is 38.5 Å². The van der Waals surface area contributed by atoms with E-state index in [4.69, 9.17) is 5.26 Å². The van der Waals surface area contributed by atoms with Gasteiger partial charge in [0.25, 0.3) is 0 Å². The van der Waals surface area contributed by atoms with E-state index >= 15 is 0 Å². The molecule has 3 heteroatoms. The Balaban J connectivity index is 1.68. The summed E-state index contributed by atoms with van der Waals surface area (Å²) in [7, 11) is 0. The van der Waals surface area contributed by atoms with Gasteiger partial charge in [-0.05, 0) is 51.9 Å². The predicted molar refractivity (Wildman–Crippen MR) is 65.1 cm³/mol. The third-order valence-corrected chi connectivity index (χ3v) is 3.92. The van der Waals surface area contributed by atoms with Crippen molar-refractivity contribution in [3.8, 4) is 6.07 Å². The quantitative estimate of drug-likeness (QED) is 0.679. The van der Waals surface area contributed by atoms with Crippen LogP contribution in [0.2, 0.25) is 0 Å². The molecule has 0 N–H and O–H groups in total. The van der Waals surface area contributed by atoms with Gasteiger partial charge in [0.05, 0.1) is 6.07 Å². The highest BCUT2D eigenvalue weighted by Crippen LogP contribution is 2.20. The summed E-state index contributed by atoms with van der Waals surface area (Å²) in [5.74, 6) is 0. The van der Waals surface area contributed by atoms with Crippen LogP contribution >= 0.6 is 0 Å². The molecule has 2 rings (SSSR count). The number of nitrogens with zero attached hydrogens (tertiary/aromatic N) is 3. The molecule has 1 unspecified atom stereocenters. The predicted octanol–water partition coefficient (Wildman–Crippen LogP) is 1.85. The Bertz CT molecular complexity index is 240.